The van der Waals surface area contributed by atoms with Crippen molar-refractivity contribution in [1.82, 2.24) is 14.5 Å². The molecule has 1 N–H and O–H groups in total. The Bertz CT molecular complexity index is 1120. The van der Waals surface area contributed by atoms with Crippen molar-refractivity contribution < 1.29 is 0 Å². The Morgan fingerprint density at radius 3 is 2.70 bits per heavy atom. The monoisotopic (exact) mass is 323 g/mol. The van der Waals surface area contributed by atoms with E-state index in [0.29, 0.717) is 16.2 Å². The minimum atomic E-state index is -0.132. The van der Waals surface area contributed by atoms with E-state index in [-0.39, 0.29) is 5.56 Å². The number of nitrogens with zero attached hydrogens (tertiary/aromatic N) is 2. The topological polar surface area (TPSA) is 50.7 Å². The lowest BCUT2D eigenvalue weighted by molar-refractivity contribution is 0.968. The van der Waals surface area contributed by atoms with Crippen LogP contribution in [-0.4, -0.2) is 14.5 Å². The summed E-state index contributed by atoms with van der Waals surface area (Å²) >= 11 is 6.30. The van der Waals surface area contributed by atoms with E-state index in [9.17, 15) is 4.79 Å². The van der Waals surface area contributed by atoms with Gasteiger partial charge in [-0.3, -0.25) is 4.79 Å². The number of nitrogens with one attached hydrogen (secondary N) is 1. The molecule has 4 rings (SSSR count). The molecule has 0 amide bonds. The van der Waals surface area contributed by atoms with E-state index in [1.807, 2.05) is 55.1 Å². The molecule has 23 heavy (non-hydrogen) atoms. The molecule has 114 valence electrons. The predicted octanol–water partition coefficient (Wildman–Crippen LogP) is 4.04. The van der Waals surface area contributed by atoms with Gasteiger partial charge >= 0.3 is 0 Å². The second kappa shape index (κ2) is 4.96. The highest BCUT2D eigenvalue weighted by Crippen LogP contribution is 2.32. The Labute approximate surface area is 137 Å². The van der Waals surface area contributed by atoms with Gasteiger partial charge < -0.3 is 9.55 Å². The summed E-state index contributed by atoms with van der Waals surface area (Å²) in [4.78, 5) is 20.0. The zero-order chi connectivity index (χ0) is 16.1. The largest absolute Gasteiger partial charge is 0.349 e. The van der Waals surface area contributed by atoms with Crippen LogP contribution in [0.5, 0.6) is 0 Å². The highest BCUT2D eigenvalue weighted by atomic mass is 35.5. The Hall–Kier alpha value is -2.59. The van der Waals surface area contributed by atoms with Gasteiger partial charge in [0, 0.05) is 24.2 Å². The first-order valence-corrected chi connectivity index (χ1v) is 7.67. The van der Waals surface area contributed by atoms with Crippen LogP contribution < -0.4 is 5.56 Å². The molecule has 0 aliphatic carbocycles. The van der Waals surface area contributed by atoms with Crippen LogP contribution in [-0.2, 0) is 7.05 Å². The standard InChI is InChI=1S/C18H14ClN3O/c1-10-5-3-7-12-15(10)20-17(21-18(12)23)13-9-22(2)16-11(13)6-4-8-14(16)19/h3-9H,1-2H3,(H,20,21,23). The van der Waals surface area contributed by atoms with Crippen LogP contribution in [0.15, 0.2) is 47.4 Å². The summed E-state index contributed by atoms with van der Waals surface area (Å²) in [5.41, 5.74) is 3.37. The van der Waals surface area contributed by atoms with E-state index >= 15 is 0 Å². The van der Waals surface area contributed by atoms with Crippen LogP contribution in [0.1, 0.15) is 5.56 Å². The molecule has 0 saturated carbocycles. The summed E-state index contributed by atoms with van der Waals surface area (Å²) in [6.07, 6.45) is 1.94. The van der Waals surface area contributed by atoms with Crippen molar-refractivity contribution in [2.24, 2.45) is 7.05 Å². The van der Waals surface area contributed by atoms with Gasteiger partial charge in [-0.05, 0) is 24.6 Å². The van der Waals surface area contributed by atoms with Crippen LogP contribution in [0.25, 0.3) is 33.2 Å². The number of H-pyrrole nitrogens is 1. The van der Waals surface area contributed by atoms with Gasteiger partial charge in [-0.1, -0.05) is 35.9 Å². The molecule has 0 spiro atoms. The summed E-state index contributed by atoms with van der Waals surface area (Å²) in [7, 11) is 1.93. The Morgan fingerprint density at radius 2 is 1.87 bits per heavy atom. The number of para-hydroxylation sites is 2. The minimum Gasteiger partial charge on any atom is -0.349 e. The van der Waals surface area contributed by atoms with E-state index in [1.165, 1.54) is 0 Å². The molecule has 0 aliphatic rings. The van der Waals surface area contributed by atoms with Crippen LogP contribution in [0.2, 0.25) is 5.02 Å². The number of hydrogen-bond acceptors (Lipinski definition) is 2. The van der Waals surface area contributed by atoms with Gasteiger partial charge in [0.15, 0.2) is 0 Å². The van der Waals surface area contributed by atoms with Gasteiger partial charge in [-0.25, -0.2) is 4.98 Å². The summed E-state index contributed by atoms with van der Waals surface area (Å²) in [5.74, 6) is 0.560. The first-order valence-electron chi connectivity index (χ1n) is 7.30. The first kappa shape index (κ1) is 14.0. The normalized spacial score (nSPS) is 11.4. The summed E-state index contributed by atoms with van der Waals surface area (Å²) < 4.78 is 1.95. The molecule has 0 bridgehead atoms. The Kier molecular flexibility index (Phi) is 3.03. The summed E-state index contributed by atoms with van der Waals surface area (Å²) in [6.45, 7) is 1.96. The molecule has 5 heteroatoms. The van der Waals surface area contributed by atoms with Crippen LogP contribution in [0.3, 0.4) is 0 Å². The van der Waals surface area contributed by atoms with Crippen molar-refractivity contribution in [3.63, 3.8) is 0 Å². The molecular formula is C18H14ClN3O. The number of aromatic amines is 1. The summed E-state index contributed by atoms with van der Waals surface area (Å²) in [5, 5.41) is 2.25. The lowest BCUT2D eigenvalue weighted by Crippen LogP contribution is -2.10. The number of aryl methyl sites for hydroxylation is 2. The molecule has 2 aromatic heterocycles. The molecule has 0 atom stereocenters. The van der Waals surface area contributed by atoms with Crippen molar-refractivity contribution in [2.75, 3.05) is 0 Å². The van der Waals surface area contributed by atoms with Gasteiger partial charge in [0.1, 0.15) is 5.82 Å². The second-order valence-electron chi connectivity index (χ2n) is 5.68. The highest BCUT2D eigenvalue weighted by Gasteiger charge is 2.14. The first-order chi connectivity index (χ1) is 11.1. The van der Waals surface area contributed by atoms with E-state index in [2.05, 4.69) is 9.97 Å². The second-order valence-corrected chi connectivity index (χ2v) is 6.08. The number of benzene rings is 2. The van der Waals surface area contributed by atoms with Crippen LogP contribution >= 0.6 is 11.6 Å². The lowest BCUT2D eigenvalue weighted by Gasteiger charge is -2.04. The minimum absolute atomic E-state index is 0.132. The van der Waals surface area contributed by atoms with Gasteiger partial charge in [0.05, 0.1) is 21.4 Å². The van der Waals surface area contributed by atoms with Crippen molar-refractivity contribution in [1.29, 1.82) is 0 Å². The molecule has 0 radical (unpaired) electrons. The molecule has 0 fully saturated rings. The zero-order valence-corrected chi connectivity index (χ0v) is 13.5. The molecule has 0 aliphatic heterocycles. The molecule has 2 heterocycles. The van der Waals surface area contributed by atoms with Crippen molar-refractivity contribution in [2.45, 2.75) is 6.92 Å². The van der Waals surface area contributed by atoms with E-state index in [0.717, 1.165) is 27.5 Å². The third kappa shape index (κ3) is 2.06. The molecule has 0 unspecified atom stereocenters. The van der Waals surface area contributed by atoms with Gasteiger partial charge in [-0.15, -0.1) is 0 Å². The smallest absolute Gasteiger partial charge is 0.259 e. The van der Waals surface area contributed by atoms with Crippen LogP contribution in [0.4, 0.5) is 0 Å². The number of rotatable bonds is 1. The SMILES string of the molecule is Cc1cccc2c(=O)[nH]c(-c3cn(C)c4c(Cl)cccc34)nc12. The molecule has 4 nitrogen and oxygen atoms in total. The van der Waals surface area contributed by atoms with E-state index in [1.54, 1.807) is 6.07 Å². The lowest BCUT2D eigenvalue weighted by atomic mass is 10.1. The van der Waals surface area contributed by atoms with E-state index in [4.69, 9.17) is 11.6 Å². The maximum absolute atomic E-state index is 12.4. The van der Waals surface area contributed by atoms with Crippen molar-refractivity contribution in [3.05, 3.63) is 63.5 Å². The third-order valence-electron chi connectivity index (χ3n) is 4.15. The van der Waals surface area contributed by atoms with Gasteiger partial charge in [-0.2, -0.15) is 0 Å². The van der Waals surface area contributed by atoms with Crippen molar-refractivity contribution in [3.8, 4) is 11.4 Å². The maximum Gasteiger partial charge on any atom is 0.259 e. The van der Waals surface area contributed by atoms with Gasteiger partial charge in [0.25, 0.3) is 5.56 Å². The fourth-order valence-electron chi connectivity index (χ4n) is 3.04. The quantitative estimate of drug-likeness (QED) is 0.574. The molecular weight excluding hydrogens is 310 g/mol. The van der Waals surface area contributed by atoms with Gasteiger partial charge in [0.2, 0.25) is 0 Å². The third-order valence-corrected chi connectivity index (χ3v) is 4.45. The summed E-state index contributed by atoms with van der Waals surface area (Å²) in [6, 6.07) is 11.4. The molecule has 0 saturated heterocycles. The highest BCUT2D eigenvalue weighted by molar-refractivity contribution is 6.35. The fourth-order valence-corrected chi connectivity index (χ4v) is 3.35. The number of halogens is 1. The number of hydrogen-bond donors (Lipinski definition) is 1. The molecule has 4 aromatic rings. The Morgan fingerprint density at radius 1 is 1.13 bits per heavy atom. The predicted molar refractivity (Wildman–Crippen MR) is 94.0 cm³/mol. The van der Waals surface area contributed by atoms with Crippen LogP contribution in [0, 0.1) is 6.92 Å². The number of aromatic nitrogens is 3. The molecule has 2 aromatic carbocycles. The average Bonchev–Trinajstić information content (AvgIpc) is 2.87. The van der Waals surface area contributed by atoms with Crippen molar-refractivity contribution >= 4 is 33.4 Å². The van der Waals surface area contributed by atoms with E-state index < -0.39 is 0 Å². The Balaban J connectivity index is 2.10. The maximum atomic E-state index is 12.4. The zero-order valence-electron chi connectivity index (χ0n) is 12.7. The number of fused-ring (bicyclic) bond motifs is 2. The fraction of sp³-hybridized carbons (Fsp3) is 0.111. The average molecular weight is 324 g/mol.